The molecule has 1 aromatic heterocycles. The molecule has 1 saturated heterocycles. The Labute approximate surface area is 143 Å². The molecule has 2 heterocycles. The average molecular weight is 329 g/mol. The van der Waals surface area contributed by atoms with Gasteiger partial charge in [0.05, 0.1) is 13.2 Å². The van der Waals surface area contributed by atoms with Crippen molar-refractivity contribution in [2.45, 2.75) is 45.8 Å². The summed E-state index contributed by atoms with van der Waals surface area (Å²) in [6, 6.07) is 9.82. The van der Waals surface area contributed by atoms with Crippen molar-refractivity contribution >= 4 is 5.69 Å². The summed E-state index contributed by atoms with van der Waals surface area (Å²) >= 11 is 0. The molecule has 4 nitrogen and oxygen atoms in total. The highest BCUT2D eigenvalue weighted by atomic mass is 16.7. The molecule has 4 heteroatoms. The number of aryl methyl sites for hydroxylation is 1. The molecule has 2 N–H and O–H groups in total. The first kappa shape index (κ1) is 17.1. The molecule has 3 rings (SSSR count). The second-order valence-electron chi connectivity index (χ2n) is 6.63. The Bertz CT molecular complexity index is 657. The number of ether oxygens (including phenoxy) is 2. The maximum absolute atomic E-state index is 5.98. The summed E-state index contributed by atoms with van der Waals surface area (Å²) in [6.45, 7) is 5.69. The number of hydrogen-bond donors (Lipinski definition) is 1. The molecule has 0 amide bonds. The minimum atomic E-state index is -0.399. The van der Waals surface area contributed by atoms with Crippen LogP contribution in [0.5, 0.6) is 0 Å². The van der Waals surface area contributed by atoms with Crippen LogP contribution in [0.3, 0.4) is 0 Å². The number of hydrogen-bond acceptors (Lipinski definition) is 4. The van der Waals surface area contributed by atoms with Crippen molar-refractivity contribution in [2.75, 3.05) is 18.9 Å². The van der Waals surface area contributed by atoms with Gasteiger partial charge in [0.25, 0.3) is 0 Å². The van der Waals surface area contributed by atoms with Crippen LogP contribution in [-0.2, 0) is 9.47 Å². The average Bonchev–Trinajstić information content (AvgIpc) is 3.08. The van der Waals surface area contributed by atoms with Crippen molar-refractivity contribution in [1.29, 1.82) is 0 Å². The molecule has 0 spiro atoms. The molecule has 1 aliphatic heterocycles. The molecule has 0 radical (unpaired) electrons. The van der Waals surface area contributed by atoms with E-state index in [2.05, 4.69) is 6.92 Å². The lowest BCUT2D eigenvalue weighted by Crippen LogP contribution is -2.26. The van der Waals surface area contributed by atoms with E-state index in [-0.39, 0.29) is 0 Å². The van der Waals surface area contributed by atoms with E-state index in [4.69, 9.17) is 19.6 Å². The van der Waals surface area contributed by atoms with E-state index in [0.29, 0.717) is 5.92 Å². The SMILES string of the molecule is CCCCCC1COC(c2ccc(-c3ccc(C)c(N)c3)o2)OC1. The summed E-state index contributed by atoms with van der Waals surface area (Å²) in [5.41, 5.74) is 8.79. The molecule has 0 saturated carbocycles. The van der Waals surface area contributed by atoms with Gasteiger partial charge in [-0.2, -0.15) is 0 Å². The first-order chi connectivity index (χ1) is 11.7. The fraction of sp³-hybridized carbons (Fsp3) is 0.500. The largest absolute Gasteiger partial charge is 0.456 e. The van der Waals surface area contributed by atoms with Crippen molar-refractivity contribution < 1.29 is 13.9 Å². The molecule has 1 fully saturated rings. The predicted octanol–water partition coefficient (Wildman–Crippen LogP) is 5.08. The molecule has 1 aliphatic rings. The lowest BCUT2D eigenvalue weighted by atomic mass is 10.0. The van der Waals surface area contributed by atoms with Gasteiger partial charge in [-0.15, -0.1) is 0 Å². The van der Waals surface area contributed by atoms with Crippen molar-refractivity contribution in [1.82, 2.24) is 0 Å². The number of nitrogens with two attached hydrogens (primary N) is 1. The molecule has 0 bridgehead atoms. The van der Waals surface area contributed by atoms with Crippen LogP contribution >= 0.6 is 0 Å². The van der Waals surface area contributed by atoms with Gasteiger partial charge in [-0.05, 0) is 37.1 Å². The maximum atomic E-state index is 5.98. The van der Waals surface area contributed by atoms with Crippen LogP contribution in [0.4, 0.5) is 5.69 Å². The van der Waals surface area contributed by atoms with Crippen molar-refractivity contribution in [2.24, 2.45) is 5.92 Å². The van der Waals surface area contributed by atoms with Crippen LogP contribution in [-0.4, -0.2) is 13.2 Å². The van der Waals surface area contributed by atoms with E-state index in [1.54, 1.807) is 0 Å². The summed E-state index contributed by atoms with van der Waals surface area (Å²) in [5.74, 6) is 2.00. The lowest BCUT2D eigenvalue weighted by molar-refractivity contribution is -0.213. The van der Waals surface area contributed by atoms with Gasteiger partial charge in [0.15, 0.2) is 5.76 Å². The normalized spacial score (nSPS) is 21.1. The van der Waals surface area contributed by atoms with Crippen LogP contribution < -0.4 is 5.73 Å². The van der Waals surface area contributed by atoms with E-state index in [0.717, 1.165) is 41.5 Å². The Hall–Kier alpha value is -1.78. The molecule has 1 aromatic carbocycles. The third-order valence-corrected chi connectivity index (χ3v) is 4.61. The van der Waals surface area contributed by atoms with E-state index < -0.39 is 6.29 Å². The minimum Gasteiger partial charge on any atom is -0.456 e. The van der Waals surface area contributed by atoms with Gasteiger partial charge >= 0.3 is 0 Å². The fourth-order valence-corrected chi connectivity index (χ4v) is 2.99. The highest BCUT2D eigenvalue weighted by Crippen LogP contribution is 2.32. The van der Waals surface area contributed by atoms with Crippen molar-refractivity contribution in [3.8, 4) is 11.3 Å². The van der Waals surface area contributed by atoms with E-state index in [9.17, 15) is 0 Å². The quantitative estimate of drug-likeness (QED) is 0.593. The molecule has 24 heavy (non-hydrogen) atoms. The Morgan fingerprint density at radius 3 is 2.58 bits per heavy atom. The zero-order chi connectivity index (χ0) is 16.9. The zero-order valence-corrected chi connectivity index (χ0v) is 14.6. The van der Waals surface area contributed by atoms with E-state index >= 15 is 0 Å². The van der Waals surface area contributed by atoms with Gasteiger partial charge in [-0.3, -0.25) is 0 Å². The number of rotatable bonds is 6. The van der Waals surface area contributed by atoms with Gasteiger partial charge in [0.2, 0.25) is 6.29 Å². The molecule has 130 valence electrons. The predicted molar refractivity (Wildman–Crippen MR) is 95.6 cm³/mol. The first-order valence-electron chi connectivity index (χ1n) is 8.86. The molecule has 0 atom stereocenters. The van der Waals surface area contributed by atoms with Crippen LogP contribution in [0.15, 0.2) is 34.7 Å². The number of unbranched alkanes of at least 4 members (excludes halogenated alkanes) is 2. The second-order valence-corrected chi connectivity index (χ2v) is 6.63. The monoisotopic (exact) mass is 329 g/mol. The second kappa shape index (κ2) is 7.86. The highest BCUT2D eigenvalue weighted by Gasteiger charge is 2.25. The van der Waals surface area contributed by atoms with Gasteiger partial charge in [-0.25, -0.2) is 0 Å². The van der Waals surface area contributed by atoms with Gasteiger partial charge in [0.1, 0.15) is 5.76 Å². The molecular formula is C20H27NO3. The van der Waals surface area contributed by atoms with Crippen LogP contribution in [0.25, 0.3) is 11.3 Å². The standard InChI is InChI=1S/C20H27NO3/c1-3-4-5-6-15-12-22-20(23-13-15)19-10-9-18(24-19)16-8-7-14(2)17(21)11-16/h7-11,15,20H,3-6,12-13,21H2,1-2H3. The number of furan rings is 1. The number of nitrogen functional groups attached to an aromatic ring is 1. The topological polar surface area (TPSA) is 57.6 Å². The fourth-order valence-electron chi connectivity index (χ4n) is 2.99. The van der Waals surface area contributed by atoms with E-state index in [1.807, 2.05) is 37.3 Å². The van der Waals surface area contributed by atoms with Gasteiger partial charge in [-0.1, -0.05) is 38.3 Å². The van der Waals surface area contributed by atoms with Crippen LogP contribution in [0, 0.1) is 12.8 Å². The van der Waals surface area contributed by atoms with Gasteiger partial charge in [0, 0.05) is 17.2 Å². The summed E-state index contributed by atoms with van der Waals surface area (Å²) < 4.78 is 17.6. The number of benzene rings is 1. The Morgan fingerprint density at radius 1 is 1.08 bits per heavy atom. The Kier molecular flexibility index (Phi) is 5.59. The van der Waals surface area contributed by atoms with Crippen LogP contribution in [0.1, 0.15) is 50.2 Å². The third-order valence-electron chi connectivity index (χ3n) is 4.61. The first-order valence-corrected chi connectivity index (χ1v) is 8.86. The molecule has 0 unspecified atom stereocenters. The molecule has 0 aliphatic carbocycles. The molecule has 2 aromatic rings. The summed E-state index contributed by atoms with van der Waals surface area (Å²) in [7, 11) is 0. The zero-order valence-electron chi connectivity index (χ0n) is 14.6. The molecular weight excluding hydrogens is 302 g/mol. The maximum Gasteiger partial charge on any atom is 0.217 e. The summed E-state index contributed by atoms with van der Waals surface area (Å²) in [5, 5.41) is 0. The summed E-state index contributed by atoms with van der Waals surface area (Å²) in [4.78, 5) is 0. The van der Waals surface area contributed by atoms with Crippen molar-refractivity contribution in [3.05, 3.63) is 41.7 Å². The Morgan fingerprint density at radius 2 is 1.88 bits per heavy atom. The Balaban J connectivity index is 1.59. The lowest BCUT2D eigenvalue weighted by Gasteiger charge is -2.28. The summed E-state index contributed by atoms with van der Waals surface area (Å²) in [6.07, 6.45) is 4.55. The van der Waals surface area contributed by atoms with Crippen molar-refractivity contribution in [3.63, 3.8) is 0 Å². The van der Waals surface area contributed by atoms with Crippen LogP contribution in [0.2, 0.25) is 0 Å². The number of anilines is 1. The minimum absolute atomic E-state index is 0.399. The smallest absolute Gasteiger partial charge is 0.217 e. The van der Waals surface area contributed by atoms with E-state index in [1.165, 1.54) is 25.7 Å². The highest BCUT2D eigenvalue weighted by molar-refractivity contribution is 5.65. The third kappa shape index (κ3) is 4.00. The van der Waals surface area contributed by atoms with Gasteiger partial charge < -0.3 is 19.6 Å².